The number of nitrogens with zero attached hydrogens (tertiary/aromatic N) is 1. The molecule has 1 aliphatic rings. The number of hydrogen-bond donors (Lipinski definition) is 2. The molecule has 0 saturated carbocycles. The van der Waals surface area contributed by atoms with E-state index in [9.17, 15) is 14.7 Å². The lowest BCUT2D eigenvalue weighted by atomic mass is 9.90. The fraction of sp³-hybridized carbons (Fsp3) is 0.467. The van der Waals surface area contributed by atoms with E-state index in [1.807, 2.05) is 13.8 Å². The van der Waals surface area contributed by atoms with Crippen molar-refractivity contribution >= 4 is 17.6 Å². The van der Waals surface area contributed by atoms with Gasteiger partial charge >= 0.3 is 11.9 Å². The highest BCUT2D eigenvalue weighted by Crippen LogP contribution is 2.38. The Morgan fingerprint density at radius 3 is 2.76 bits per heavy atom. The van der Waals surface area contributed by atoms with E-state index >= 15 is 0 Å². The number of carbonyl (C=O) groups excluding carboxylic acids is 1. The van der Waals surface area contributed by atoms with Crippen molar-refractivity contribution in [1.29, 1.82) is 0 Å². The summed E-state index contributed by atoms with van der Waals surface area (Å²) in [5.41, 5.74) is 6.18. The molecule has 0 amide bonds. The van der Waals surface area contributed by atoms with Crippen LogP contribution in [0.2, 0.25) is 0 Å². The fourth-order valence-electron chi connectivity index (χ4n) is 2.63. The Labute approximate surface area is 123 Å². The highest BCUT2D eigenvalue weighted by Gasteiger charge is 2.49. The summed E-state index contributed by atoms with van der Waals surface area (Å²) in [5, 5.41) is 9.20. The van der Waals surface area contributed by atoms with Crippen LogP contribution in [0.15, 0.2) is 18.2 Å². The lowest BCUT2D eigenvalue weighted by Crippen LogP contribution is -2.67. The molecule has 6 nitrogen and oxygen atoms in total. The number of esters is 1. The van der Waals surface area contributed by atoms with E-state index < -0.39 is 17.6 Å². The summed E-state index contributed by atoms with van der Waals surface area (Å²) in [6.45, 7) is 5.15. The van der Waals surface area contributed by atoms with Gasteiger partial charge < -0.3 is 14.7 Å². The second-order valence-corrected chi connectivity index (χ2v) is 5.40. The molecule has 3 N–H and O–H groups in total. The van der Waals surface area contributed by atoms with Crippen LogP contribution in [0, 0.1) is 12.8 Å². The molecule has 2 rings (SSSR count). The minimum absolute atomic E-state index is 0.266. The number of benzene rings is 1. The molecule has 2 bridgehead atoms. The van der Waals surface area contributed by atoms with E-state index in [1.165, 1.54) is 4.90 Å². The summed E-state index contributed by atoms with van der Waals surface area (Å²) >= 11 is 0. The number of aliphatic carboxylic acids is 1. The van der Waals surface area contributed by atoms with Gasteiger partial charge in [0.25, 0.3) is 0 Å². The van der Waals surface area contributed by atoms with Gasteiger partial charge in [-0.15, -0.1) is 0 Å². The van der Waals surface area contributed by atoms with Crippen LogP contribution in [0.1, 0.15) is 25.8 Å². The largest absolute Gasteiger partial charge is 0.480 e. The van der Waals surface area contributed by atoms with Crippen molar-refractivity contribution in [2.45, 2.75) is 32.9 Å². The summed E-state index contributed by atoms with van der Waals surface area (Å²) in [4.78, 5) is 25.2. The van der Waals surface area contributed by atoms with Crippen LogP contribution in [0.3, 0.4) is 0 Å². The molecule has 0 saturated heterocycles. The summed E-state index contributed by atoms with van der Waals surface area (Å²) in [6.07, 6.45) is 0.622. The van der Waals surface area contributed by atoms with Gasteiger partial charge in [0.05, 0.1) is 0 Å². The van der Waals surface area contributed by atoms with E-state index in [2.05, 4.69) is 0 Å². The Morgan fingerprint density at radius 1 is 1.52 bits per heavy atom. The van der Waals surface area contributed by atoms with Crippen molar-refractivity contribution in [3.63, 3.8) is 0 Å². The Hall–Kier alpha value is -2.08. The maximum absolute atomic E-state index is 12.5. The number of nitrogens with two attached hydrogens (primary N) is 1. The molecule has 0 spiro atoms. The Bertz CT molecular complexity index is 587. The first-order valence-corrected chi connectivity index (χ1v) is 6.92. The molecule has 6 heteroatoms. The maximum atomic E-state index is 12.5. The normalized spacial score (nSPS) is 22.5. The van der Waals surface area contributed by atoms with Crippen LogP contribution in [0.5, 0.6) is 5.75 Å². The Morgan fingerprint density at radius 2 is 2.19 bits per heavy atom. The average Bonchev–Trinajstić information content (AvgIpc) is 2.48. The second-order valence-electron chi connectivity index (χ2n) is 5.40. The molecule has 2 atom stereocenters. The number of rotatable bonds is 4. The van der Waals surface area contributed by atoms with E-state index in [4.69, 9.17) is 10.5 Å². The van der Waals surface area contributed by atoms with Gasteiger partial charge in [-0.2, -0.15) is 0 Å². The molecule has 1 heterocycles. The number of hydrogen-bond acceptors (Lipinski definition) is 5. The van der Waals surface area contributed by atoms with Gasteiger partial charge in [0, 0.05) is 17.2 Å². The van der Waals surface area contributed by atoms with Crippen molar-refractivity contribution in [2.75, 3.05) is 11.4 Å². The van der Waals surface area contributed by atoms with Gasteiger partial charge in [-0.1, -0.05) is 19.9 Å². The quantitative estimate of drug-likeness (QED) is 0.645. The van der Waals surface area contributed by atoms with Crippen molar-refractivity contribution in [2.24, 2.45) is 11.7 Å². The third kappa shape index (κ3) is 2.35. The maximum Gasteiger partial charge on any atom is 0.352 e. The van der Waals surface area contributed by atoms with Crippen molar-refractivity contribution in [3.05, 3.63) is 23.8 Å². The van der Waals surface area contributed by atoms with Gasteiger partial charge in [-0.3, -0.25) is 10.5 Å². The van der Waals surface area contributed by atoms with Crippen LogP contribution < -0.4 is 15.4 Å². The predicted molar refractivity (Wildman–Crippen MR) is 78.2 cm³/mol. The summed E-state index contributed by atoms with van der Waals surface area (Å²) in [6, 6.07) is 5.16. The summed E-state index contributed by atoms with van der Waals surface area (Å²) < 4.78 is 5.40. The van der Waals surface area contributed by atoms with Crippen LogP contribution in [0.25, 0.3) is 0 Å². The Balaban J connectivity index is 2.65. The van der Waals surface area contributed by atoms with Crippen LogP contribution in [-0.4, -0.2) is 29.3 Å². The first kappa shape index (κ1) is 15.3. The molecule has 0 fully saturated rings. The number of carboxylic acid groups (broad SMARTS) is 1. The van der Waals surface area contributed by atoms with Crippen molar-refractivity contribution < 1.29 is 19.4 Å². The van der Waals surface area contributed by atoms with Crippen molar-refractivity contribution in [1.82, 2.24) is 0 Å². The lowest BCUT2D eigenvalue weighted by molar-refractivity contribution is -0.143. The molecule has 114 valence electrons. The monoisotopic (exact) mass is 292 g/mol. The molecule has 0 radical (unpaired) electrons. The van der Waals surface area contributed by atoms with Gasteiger partial charge in [0.1, 0.15) is 12.3 Å². The van der Waals surface area contributed by atoms with Gasteiger partial charge in [0.2, 0.25) is 0 Å². The minimum atomic E-state index is -1.51. The zero-order valence-electron chi connectivity index (χ0n) is 12.4. The third-order valence-electron chi connectivity index (χ3n) is 4.18. The van der Waals surface area contributed by atoms with E-state index in [1.54, 1.807) is 25.1 Å². The number of carboxylic acids is 1. The molecule has 1 aromatic carbocycles. The van der Waals surface area contributed by atoms with Gasteiger partial charge in [0.15, 0.2) is 5.66 Å². The highest BCUT2D eigenvalue weighted by molar-refractivity contribution is 5.91. The molecule has 2 unspecified atom stereocenters. The number of carbonyl (C=O) groups is 2. The lowest BCUT2D eigenvalue weighted by Gasteiger charge is -2.41. The van der Waals surface area contributed by atoms with Crippen molar-refractivity contribution in [3.8, 4) is 5.75 Å². The number of ether oxygens (including phenoxy) is 1. The first-order chi connectivity index (χ1) is 9.82. The standard InChI is InChI=1S/C15H20N2O4/c1-4-9(2)15(16)14(20)21-12-7-5-6-11(10(12)3)17(15)8-13(18)19/h5-7,9H,4,8,16H2,1-3H3,(H,18,19). The molecule has 1 aliphatic heterocycles. The molecule has 1 aromatic rings. The predicted octanol–water partition coefficient (Wildman–Crippen LogP) is 1.51. The highest BCUT2D eigenvalue weighted by atomic mass is 16.5. The van der Waals surface area contributed by atoms with E-state index in [0.29, 0.717) is 23.4 Å². The smallest absolute Gasteiger partial charge is 0.352 e. The fourth-order valence-corrected chi connectivity index (χ4v) is 2.63. The minimum Gasteiger partial charge on any atom is -0.480 e. The SMILES string of the molecule is CCC(C)C1(N)C(=O)Oc2cccc(c2C)N1CC(=O)O. The summed E-state index contributed by atoms with van der Waals surface area (Å²) in [7, 11) is 0. The number of anilines is 1. The molecule has 0 aliphatic carbocycles. The first-order valence-electron chi connectivity index (χ1n) is 6.92. The van der Waals surface area contributed by atoms with E-state index in [-0.39, 0.29) is 12.5 Å². The third-order valence-corrected chi connectivity index (χ3v) is 4.18. The average molecular weight is 292 g/mol. The number of fused-ring (bicyclic) bond motifs is 2. The summed E-state index contributed by atoms with van der Waals surface area (Å²) in [5.74, 6) is -1.52. The second kappa shape index (κ2) is 5.37. The van der Waals surface area contributed by atoms with E-state index in [0.717, 1.165) is 0 Å². The zero-order valence-corrected chi connectivity index (χ0v) is 12.4. The molecule has 21 heavy (non-hydrogen) atoms. The molecule has 0 aromatic heterocycles. The zero-order chi connectivity index (χ0) is 15.8. The molecular formula is C15H20N2O4. The topological polar surface area (TPSA) is 92.9 Å². The van der Waals surface area contributed by atoms with Gasteiger partial charge in [-0.25, -0.2) is 4.79 Å². The molecular weight excluding hydrogens is 272 g/mol. The van der Waals surface area contributed by atoms with Gasteiger partial charge in [-0.05, 0) is 25.5 Å². The van der Waals surface area contributed by atoms with Crippen LogP contribution in [0.4, 0.5) is 5.69 Å². The Kier molecular flexibility index (Phi) is 3.91. The van der Waals surface area contributed by atoms with Crippen LogP contribution >= 0.6 is 0 Å². The van der Waals surface area contributed by atoms with Crippen LogP contribution in [-0.2, 0) is 9.59 Å².